The SMILES string of the molecule is CCCn1ccc2cc(NC(=O)CN3CC(=O)NC3=O)ccc21. The molecule has 7 nitrogen and oxygen atoms in total. The molecule has 0 saturated carbocycles. The number of hydrogen-bond donors (Lipinski definition) is 2. The van der Waals surface area contributed by atoms with Crippen molar-refractivity contribution in [3.8, 4) is 0 Å². The average molecular weight is 314 g/mol. The molecule has 0 bridgehead atoms. The van der Waals surface area contributed by atoms with Crippen LogP contribution in [0.15, 0.2) is 30.5 Å². The van der Waals surface area contributed by atoms with Crippen LogP contribution in [0.1, 0.15) is 13.3 Å². The fourth-order valence-electron chi connectivity index (χ4n) is 2.70. The summed E-state index contributed by atoms with van der Waals surface area (Å²) in [5.41, 5.74) is 1.79. The zero-order chi connectivity index (χ0) is 16.4. The predicted molar refractivity (Wildman–Crippen MR) is 86.0 cm³/mol. The predicted octanol–water partition coefficient (Wildman–Crippen LogP) is 1.54. The molecule has 1 saturated heterocycles. The Morgan fingerprint density at radius 2 is 2.13 bits per heavy atom. The van der Waals surface area contributed by atoms with E-state index in [9.17, 15) is 14.4 Å². The fourth-order valence-corrected chi connectivity index (χ4v) is 2.70. The molecular formula is C16H18N4O3. The molecule has 1 aromatic carbocycles. The Balaban J connectivity index is 1.68. The van der Waals surface area contributed by atoms with Gasteiger partial charge in [0.05, 0.1) is 0 Å². The average Bonchev–Trinajstić information content (AvgIpc) is 3.03. The highest BCUT2D eigenvalue weighted by Crippen LogP contribution is 2.21. The van der Waals surface area contributed by atoms with Crippen LogP contribution in [0.3, 0.4) is 0 Å². The van der Waals surface area contributed by atoms with Gasteiger partial charge in [-0.05, 0) is 30.7 Å². The van der Waals surface area contributed by atoms with Crippen LogP contribution in [-0.4, -0.2) is 40.4 Å². The van der Waals surface area contributed by atoms with E-state index < -0.39 is 6.03 Å². The summed E-state index contributed by atoms with van der Waals surface area (Å²) < 4.78 is 2.17. The van der Waals surface area contributed by atoms with Gasteiger partial charge in [-0.2, -0.15) is 0 Å². The van der Waals surface area contributed by atoms with E-state index in [2.05, 4.69) is 22.1 Å². The maximum absolute atomic E-state index is 12.0. The number of nitrogens with zero attached hydrogens (tertiary/aromatic N) is 2. The van der Waals surface area contributed by atoms with Crippen molar-refractivity contribution in [2.45, 2.75) is 19.9 Å². The molecule has 2 aromatic rings. The maximum Gasteiger partial charge on any atom is 0.325 e. The first-order valence-corrected chi connectivity index (χ1v) is 7.54. The Morgan fingerprint density at radius 1 is 1.30 bits per heavy atom. The van der Waals surface area contributed by atoms with Crippen LogP contribution in [0.2, 0.25) is 0 Å². The molecule has 120 valence electrons. The highest BCUT2D eigenvalue weighted by atomic mass is 16.2. The van der Waals surface area contributed by atoms with Crippen LogP contribution >= 0.6 is 0 Å². The van der Waals surface area contributed by atoms with Crippen LogP contribution in [0.25, 0.3) is 10.9 Å². The van der Waals surface area contributed by atoms with Crippen molar-refractivity contribution in [2.24, 2.45) is 0 Å². The van der Waals surface area contributed by atoms with E-state index in [1.165, 1.54) is 4.90 Å². The quantitative estimate of drug-likeness (QED) is 0.821. The van der Waals surface area contributed by atoms with Gasteiger partial charge in [0.1, 0.15) is 13.1 Å². The standard InChI is InChI=1S/C16H18N4O3/c1-2-6-19-7-5-11-8-12(3-4-13(11)19)17-14(21)9-20-10-15(22)18-16(20)23/h3-5,7-8H,2,6,9-10H2,1H3,(H,17,21)(H,18,22,23). The Bertz CT molecular complexity index is 781. The summed E-state index contributed by atoms with van der Waals surface area (Å²) in [5, 5.41) is 5.94. The molecule has 23 heavy (non-hydrogen) atoms. The summed E-state index contributed by atoms with van der Waals surface area (Å²) in [4.78, 5) is 35.7. The molecular weight excluding hydrogens is 296 g/mol. The number of carbonyl (C=O) groups excluding carboxylic acids is 3. The first-order chi connectivity index (χ1) is 11.1. The maximum atomic E-state index is 12.0. The molecule has 2 heterocycles. The van der Waals surface area contributed by atoms with Crippen molar-refractivity contribution in [1.82, 2.24) is 14.8 Å². The van der Waals surface area contributed by atoms with Crippen molar-refractivity contribution in [1.29, 1.82) is 0 Å². The minimum Gasteiger partial charge on any atom is -0.347 e. The summed E-state index contributed by atoms with van der Waals surface area (Å²) in [6, 6.07) is 7.17. The highest BCUT2D eigenvalue weighted by Gasteiger charge is 2.28. The second-order valence-corrected chi connectivity index (χ2v) is 5.54. The van der Waals surface area contributed by atoms with E-state index in [1.807, 2.05) is 30.5 Å². The number of anilines is 1. The van der Waals surface area contributed by atoms with Crippen molar-refractivity contribution < 1.29 is 14.4 Å². The number of aryl methyl sites for hydroxylation is 1. The van der Waals surface area contributed by atoms with E-state index in [0.29, 0.717) is 5.69 Å². The lowest BCUT2D eigenvalue weighted by Crippen LogP contribution is -2.35. The second-order valence-electron chi connectivity index (χ2n) is 5.54. The molecule has 4 amide bonds. The number of urea groups is 1. The van der Waals surface area contributed by atoms with Gasteiger partial charge in [0.15, 0.2) is 0 Å². The molecule has 0 radical (unpaired) electrons. The Morgan fingerprint density at radius 3 is 2.83 bits per heavy atom. The van der Waals surface area contributed by atoms with Crippen molar-refractivity contribution in [2.75, 3.05) is 18.4 Å². The van der Waals surface area contributed by atoms with Crippen LogP contribution in [0.5, 0.6) is 0 Å². The number of amides is 4. The summed E-state index contributed by atoms with van der Waals surface area (Å²) in [5.74, 6) is -0.719. The summed E-state index contributed by atoms with van der Waals surface area (Å²) in [7, 11) is 0. The van der Waals surface area contributed by atoms with E-state index >= 15 is 0 Å². The Labute approximate surface area is 133 Å². The second kappa shape index (κ2) is 6.12. The first-order valence-electron chi connectivity index (χ1n) is 7.54. The van der Waals surface area contributed by atoms with Gasteiger partial charge in [-0.1, -0.05) is 6.92 Å². The topological polar surface area (TPSA) is 83.4 Å². The number of benzene rings is 1. The lowest BCUT2D eigenvalue weighted by Gasteiger charge is -2.13. The van der Waals surface area contributed by atoms with Gasteiger partial charge in [0.25, 0.3) is 0 Å². The van der Waals surface area contributed by atoms with Gasteiger partial charge in [-0.25, -0.2) is 4.79 Å². The normalized spacial score (nSPS) is 14.4. The van der Waals surface area contributed by atoms with Crippen LogP contribution in [-0.2, 0) is 16.1 Å². The molecule has 0 unspecified atom stereocenters. The zero-order valence-electron chi connectivity index (χ0n) is 12.8. The van der Waals surface area contributed by atoms with Crippen molar-refractivity contribution in [3.63, 3.8) is 0 Å². The highest BCUT2D eigenvalue weighted by molar-refractivity contribution is 6.04. The zero-order valence-corrected chi connectivity index (χ0v) is 12.8. The minimum atomic E-state index is -0.530. The number of aromatic nitrogens is 1. The van der Waals surface area contributed by atoms with Gasteiger partial charge in [-0.3, -0.25) is 14.9 Å². The number of fused-ring (bicyclic) bond motifs is 1. The first kappa shape index (κ1) is 15.1. The Hall–Kier alpha value is -2.83. The third-order valence-corrected chi connectivity index (χ3v) is 3.72. The molecule has 0 atom stereocenters. The van der Waals surface area contributed by atoms with Gasteiger partial charge >= 0.3 is 6.03 Å². The lowest BCUT2D eigenvalue weighted by molar-refractivity contribution is -0.119. The minimum absolute atomic E-state index is 0.0782. The largest absolute Gasteiger partial charge is 0.347 e. The number of imide groups is 1. The number of hydrogen-bond acceptors (Lipinski definition) is 3. The molecule has 7 heteroatoms. The molecule has 0 spiro atoms. The van der Waals surface area contributed by atoms with E-state index in [4.69, 9.17) is 0 Å². The summed E-state index contributed by atoms with van der Waals surface area (Å²) in [6.45, 7) is 2.85. The van der Waals surface area contributed by atoms with E-state index in [0.717, 1.165) is 23.9 Å². The molecule has 1 aromatic heterocycles. The number of rotatable bonds is 5. The van der Waals surface area contributed by atoms with E-state index in [1.54, 1.807) is 0 Å². The van der Waals surface area contributed by atoms with Crippen LogP contribution < -0.4 is 10.6 Å². The number of carbonyl (C=O) groups is 3. The van der Waals surface area contributed by atoms with Crippen molar-refractivity contribution >= 4 is 34.4 Å². The third kappa shape index (κ3) is 3.18. The smallest absolute Gasteiger partial charge is 0.325 e. The van der Waals surface area contributed by atoms with E-state index in [-0.39, 0.29) is 24.9 Å². The van der Waals surface area contributed by atoms with Gasteiger partial charge < -0.3 is 14.8 Å². The molecule has 2 N–H and O–H groups in total. The molecule has 3 rings (SSSR count). The lowest BCUT2D eigenvalue weighted by atomic mass is 10.2. The molecule has 1 fully saturated rings. The van der Waals surface area contributed by atoms with Crippen LogP contribution in [0, 0.1) is 0 Å². The third-order valence-electron chi connectivity index (χ3n) is 3.72. The van der Waals surface area contributed by atoms with Gasteiger partial charge in [0, 0.05) is 29.3 Å². The monoisotopic (exact) mass is 314 g/mol. The fraction of sp³-hybridized carbons (Fsp3) is 0.312. The Kier molecular flexibility index (Phi) is 4.01. The van der Waals surface area contributed by atoms with Gasteiger partial charge in [0.2, 0.25) is 11.8 Å². The molecule has 1 aliphatic rings. The molecule has 0 aliphatic carbocycles. The van der Waals surface area contributed by atoms with Crippen molar-refractivity contribution in [3.05, 3.63) is 30.5 Å². The number of nitrogens with one attached hydrogen (secondary N) is 2. The van der Waals surface area contributed by atoms with Gasteiger partial charge in [-0.15, -0.1) is 0 Å². The summed E-state index contributed by atoms with van der Waals surface area (Å²) in [6.07, 6.45) is 3.08. The van der Waals surface area contributed by atoms with Crippen LogP contribution in [0.4, 0.5) is 10.5 Å². The molecule has 1 aliphatic heterocycles. The summed E-state index contributed by atoms with van der Waals surface area (Å²) >= 11 is 0.